The van der Waals surface area contributed by atoms with Crippen molar-refractivity contribution in [2.45, 2.75) is 6.36 Å². The van der Waals surface area contributed by atoms with Crippen molar-refractivity contribution in [1.29, 1.82) is 0 Å². The number of hydrazine groups is 1. The molecule has 1 rings (SSSR count). The number of hydrogen-bond acceptors (Lipinski definition) is 3. The van der Waals surface area contributed by atoms with Crippen LogP contribution in [0.2, 0.25) is 5.02 Å². The highest BCUT2D eigenvalue weighted by Gasteiger charge is 2.32. The van der Waals surface area contributed by atoms with E-state index < -0.39 is 12.1 Å². The van der Waals surface area contributed by atoms with E-state index >= 15 is 0 Å². The van der Waals surface area contributed by atoms with Crippen LogP contribution in [0.5, 0.6) is 5.75 Å². The summed E-state index contributed by atoms with van der Waals surface area (Å²) in [5.41, 5.74) is 1.92. The zero-order valence-corrected chi connectivity index (χ0v) is 8.71. The van der Waals surface area contributed by atoms with Gasteiger partial charge in [0.05, 0.1) is 5.02 Å². The number of halogens is 5. The van der Waals surface area contributed by atoms with Crippen LogP contribution in [-0.4, -0.2) is 6.36 Å². The van der Waals surface area contributed by atoms with E-state index in [1.807, 2.05) is 5.43 Å². The third-order valence-corrected chi connectivity index (χ3v) is 1.66. The van der Waals surface area contributed by atoms with E-state index in [2.05, 4.69) is 4.74 Å². The number of nitrogens with two attached hydrogens (primary N) is 1. The van der Waals surface area contributed by atoms with Gasteiger partial charge in [-0.1, -0.05) is 17.7 Å². The van der Waals surface area contributed by atoms with Gasteiger partial charge >= 0.3 is 6.36 Å². The molecule has 0 aromatic heterocycles. The van der Waals surface area contributed by atoms with E-state index in [0.717, 1.165) is 6.07 Å². The number of ether oxygens (including phenoxy) is 1. The molecule has 1 aromatic carbocycles. The third kappa shape index (κ3) is 4.03. The Labute approximate surface area is 94.7 Å². The average Bonchev–Trinajstić information content (AvgIpc) is 2.01. The lowest BCUT2D eigenvalue weighted by Crippen LogP contribution is -2.19. The van der Waals surface area contributed by atoms with Crippen LogP contribution < -0.4 is 16.0 Å². The van der Waals surface area contributed by atoms with Crippen LogP contribution >= 0.6 is 24.0 Å². The number of nitrogen functional groups attached to an aromatic ring is 1. The predicted molar refractivity (Wildman–Crippen MR) is 53.2 cm³/mol. The average molecular weight is 263 g/mol. The summed E-state index contributed by atoms with van der Waals surface area (Å²) in [6.07, 6.45) is -4.77. The Kier molecular flexibility index (Phi) is 4.99. The van der Waals surface area contributed by atoms with Gasteiger partial charge in [-0.15, -0.1) is 25.6 Å². The van der Waals surface area contributed by atoms with Gasteiger partial charge in [0.2, 0.25) is 0 Å². The van der Waals surface area contributed by atoms with Gasteiger partial charge < -0.3 is 10.2 Å². The first kappa shape index (κ1) is 14.2. The second-order valence-corrected chi connectivity index (χ2v) is 2.71. The quantitative estimate of drug-likeness (QED) is 0.637. The van der Waals surface area contributed by atoms with Crippen LogP contribution in [0.25, 0.3) is 0 Å². The van der Waals surface area contributed by atoms with Crippen molar-refractivity contribution in [3.63, 3.8) is 0 Å². The van der Waals surface area contributed by atoms with Crippen LogP contribution in [0, 0.1) is 0 Å². The molecule has 0 heterocycles. The summed E-state index contributed by atoms with van der Waals surface area (Å²) in [7, 11) is 0. The van der Waals surface area contributed by atoms with Crippen LogP contribution in [0.1, 0.15) is 0 Å². The molecule has 0 saturated carbocycles. The van der Waals surface area contributed by atoms with Crippen molar-refractivity contribution < 1.29 is 17.9 Å². The third-order valence-electron chi connectivity index (χ3n) is 1.35. The number of hydrogen-bond donors (Lipinski definition) is 2. The Bertz CT molecular complexity index is 333. The van der Waals surface area contributed by atoms with Gasteiger partial charge in [-0.25, -0.2) is 0 Å². The minimum atomic E-state index is -4.77. The molecule has 86 valence electrons. The molecule has 15 heavy (non-hydrogen) atoms. The van der Waals surface area contributed by atoms with Gasteiger partial charge in [0.1, 0.15) is 5.69 Å². The zero-order valence-electron chi connectivity index (χ0n) is 7.14. The van der Waals surface area contributed by atoms with Crippen molar-refractivity contribution >= 4 is 29.7 Å². The van der Waals surface area contributed by atoms with E-state index in [0.29, 0.717) is 0 Å². The highest BCUT2D eigenvalue weighted by atomic mass is 35.5. The number of alkyl halides is 3. The molecule has 0 radical (unpaired) electrons. The topological polar surface area (TPSA) is 47.3 Å². The Morgan fingerprint density at radius 1 is 1.33 bits per heavy atom. The number of nitrogens with one attached hydrogen (secondary N) is 1. The highest BCUT2D eigenvalue weighted by molar-refractivity contribution is 6.33. The fourth-order valence-electron chi connectivity index (χ4n) is 0.854. The standard InChI is InChI=1S/C7H6ClF3N2O.ClH/c8-4-2-1-3-5(6(4)13-12)14-7(9,10)11;/h1-3,13H,12H2;1H. The normalized spacial score (nSPS) is 10.5. The van der Waals surface area contributed by atoms with Crippen LogP contribution in [0.3, 0.4) is 0 Å². The minimum absolute atomic E-state index is 0. The van der Waals surface area contributed by atoms with Gasteiger partial charge in [0.25, 0.3) is 0 Å². The maximum atomic E-state index is 11.9. The van der Waals surface area contributed by atoms with Gasteiger partial charge in [-0.2, -0.15) is 0 Å². The Morgan fingerprint density at radius 3 is 2.40 bits per heavy atom. The summed E-state index contributed by atoms with van der Waals surface area (Å²) in [5.74, 6) is 4.52. The Balaban J connectivity index is 0.00000196. The molecule has 0 unspecified atom stereocenters. The summed E-state index contributed by atoms with van der Waals surface area (Å²) in [4.78, 5) is 0. The molecule has 3 N–H and O–H groups in total. The molecule has 0 amide bonds. The molecule has 0 saturated heterocycles. The Hall–Kier alpha value is -0.850. The molecular weight excluding hydrogens is 256 g/mol. The molecule has 1 aromatic rings. The molecule has 0 spiro atoms. The maximum Gasteiger partial charge on any atom is 0.573 e. The fourth-order valence-corrected chi connectivity index (χ4v) is 1.07. The second kappa shape index (κ2) is 5.29. The Morgan fingerprint density at radius 2 is 1.93 bits per heavy atom. The summed E-state index contributed by atoms with van der Waals surface area (Å²) >= 11 is 5.57. The molecule has 3 nitrogen and oxygen atoms in total. The molecule has 0 bridgehead atoms. The van der Waals surface area contributed by atoms with Crippen molar-refractivity contribution in [3.05, 3.63) is 23.2 Å². The number of anilines is 1. The zero-order chi connectivity index (χ0) is 10.8. The van der Waals surface area contributed by atoms with E-state index in [1.165, 1.54) is 12.1 Å². The van der Waals surface area contributed by atoms with E-state index in [1.54, 1.807) is 0 Å². The summed E-state index contributed by atoms with van der Waals surface area (Å²) < 4.78 is 39.2. The molecule has 0 aliphatic carbocycles. The highest BCUT2D eigenvalue weighted by Crippen LogP contribution is 2.34. The molecule has 8 heteroatoms. The van der Waals surface area contributed by atoms with E-state index in [4.69, 9.17) is 17.4 Å². The summed E-state index contributed by atoms with van der Waals surface area (Å²) in [6.45, 7) is 0. The van der Waals surface area contributed by atoms with Gasteiger partial charge in [0, 0.05) is 0 Å². The fraction of sp³-hybridized carbons (Fsp3) is 0.143. The molecule has 0 fully saturated rings. The molecule has 0 atom stereocenters. The molecular formula is C7H7Cl2F3N2O. The maximum absolute atomic E-state index is 11.9. The van der Waals surface area contributed by atoms with Crippen LogP contribution in [0.4, 0.5) is 18.9 Å². The minimum Gasteiger partial charge on any atom is -0.403 e. The smallest absolute Gasteiger partial charge is 0.403 e. The largest absolute Gasteiger partial charge is 0.573 e. The second-order valence-electron chi connectivity index (χ2n) is 2.31. The van der Waals surface area contributed by atoms with E-state index in [-0.39, 0.29) is 23.1 Å². The molecule has 0 aliphatic heterocycles. The SMILES string of the molecule is Cl.NNc1c(Cl)cccc1OC(F)(F)F. The van der Waals surface area contributed by atoms with Crippen molar-refractivity contribution in [2.24, 2.45) is 5.84 Å². The lowest BCUT2D eigenvalue weighted by Gasteiger charge is -2.13. The first-order valence-electron chi connectivity index (χ1n) is 3.45. The predicted octanol–water partition coefficient (Wildman–Crippen LogP) is 2.95. The summed E-state index contributed by atoms with van der Waals surface area (Å²) in [5, 5.41) is 0.0502. The first-order valence-corrected chi connectivity index (χ1v) is 3.82. The van der Waals surface area contributed by atoms with Gasteiger partial charge in [0.15, 0.2) is 5.75 Å². The van der Waals surface area contributed by atoms with Crippen molar-refractivity contribution in [3.8, 4) is 5.75 Å². The number of para-hydroxylation sites is 1. The van der Waals surface area contributed by atoms with Crippen molar-refractivity contribution in [1.82, 2.24) is 0 Å². The van der Waals surface area contributed by atoms with Crippen LogP contribution in [0.15, 0.2) is 18.2 Å². The van der Waals surface area contributed by atoms with Crippen LogP contribution in [-0.2, 0) is 0 Å². The van der Waals surface area contributed by atoms with E-state index in [9.17, 15) is 13.2 Å². The summed E-state index contributed by atoms with van der Waals surface area (Å²) in [6, 6.07) is 3.82. The number of rotatable bonds is 2. The molecule has 0 aliphatic rings. The van der Waals surface area contributed by atoms with Crippen molar-refractivity contribution in [2.75, 3.05) is 5.43 Å². The lowest BCUT2D eigenvalue weighted by atomic mass is 10.3. The number of benzene rings is 1. The lowest BCUT2D eigenvalue weighted by molar-refractivity contribution is -0.274. The first-order chi connectivity index (χ1) is 6.44. The monoisotopic (exact) mass is 262 g/mol. The van der Waals surface area contributed by atoms with Gasteiger partial charge in [-0.05, 0) is 12.1 Å². The van der Waals surface area contributed by atoms with Gasteiger partial charge in [-0.3, -0.25) is 5.84 Å².